The van der Waals surface area contributed by atoms with Crippen LogP contribution < -0.4 is 0 Å². The average Bonchev–Trinajstić information content (AvgIpc) is 2.83. The van der Waals surface area contributed by atoms with E-state index in [4.69, 9.17) is 22.2 Å². The van der Waals surface area contributed by atoms with Crippen molar-refractivity contribution in [1.82, 2.24) is 14.5 Å². The maximum Gasteiger partial charge on any atom is 0.178 e. The van der Waals surface area contributed by atoms with Crippen LogP contribution in [-0.4, -0.2) is 47.3 Å². The molecule has 0 bridgehead atoms. The highest BCUT2D eigenvalue weighted by molar-refractivity contribution is 7.71. The zero-order valence-corrected chi connectivity index (χ0v) is 12.8. The van der Waals surface area contributed by atoms with Crippen molar-refractivity contribution < 1.29 is 4.74 Å². The second kappa shape index (κ2) is 5.98. The lowest BCUT2D eigenvalue weighted by atomic mass is 10.2. The van der Waals surface area contributed by atoms with Gasteiger partial charge in [-0.15, -0.1) is 0 Å². The van der Waals surface area contributed by atoms with E-state index in [1.54, 1.807) is 0 Å². The van der Waals surface area contributed by atoms with Gasteiger partial charge in [0.2, 0.25) is 0 Å². The van der Waals surface area contributed by atoms with Crippen molar-refractivity contribution >= 4 is 23.3 Å². The van der Waals surface area contributed by atoms with Crippen LogP contribution in [0.5, 0.6) is 0 Å². The second-order valence-corrected chi connectivity index (χ2v) is 5.79. The summed E-state index contributed by atoms with van der Waals surface area (Å²) < 4.78 is 8.21. The minimum Gasteiger partial charge on any atom is -0.379 e. The quantitative estimate of drug-likeness (QED) is 0.885. The van der Waals surface area contributed by atoms with Crippen molar-refractivity contribution in [3.63, 3.8) is 0 Å². The fourth-order valence-electron chi connectivity index (χ4n) is 2.87. The normalized spacial score (nSPS) is 17.7. The molecule has 0 radical (unpaired) electrons. The first-order chi connectivity index (χ1) is 10.2. The van der Waals surface area contributed by atoms with Crippen molar-refractivity contribution in [3.8, 4) is 6.07 Å². The number of aromatic nitrogens is 2. The van der Waals surface area contributed by atoms with Gasteiger partial charge in [0.05, 0.1) is 35.9 Å². The highest BCUT2D eigenvalue weighted by atomic mass is 32.1. The second-order valence-electron chi connectivity index (χ2n) is 5.41. The van der Waals surface area contributed by atoms with Crippen LogP contribution in [0, 0.1) is 16.1 Å². The molecule has 1 N–H and O–H groups in total. The molecule has 110 valence electrons. The van der Waals surface area contributed by atoms with Crippen molar-refractivity contribution in [3.05, 3.63) is 28.5 Å². The molecular weight excluding hydrogens is 284 g/mol. The summed E-state index contributed by atoms with van der Waals surface area (Å²) in [6, 6.07) is 8.06. The molecule has 2 aromatic rings. The maximum atomic E-state index is 9.08. The molecule has 0 saturated carbocycles. The van der Waals surface area contributed by atoms with Gasteiger partial charge in [0.15, 0.2) is 4.77 Å². The molecular formula is C15H18N4OS. The van der Waals surface area contributed by atoms with E-state index in [1.165, 1.54) is 0 Å². The number of aromatic amines is 1. The number of H-pyrrole nitrogens is 1. The predicted molar refractivity (Wildman–Crippen MR) is 83.8 cm³/mol. The van der Waals surface area contributed by atoms with Crippen LogP contribution >= 0.6 is 12.2 Å². The third-order valence-electron chi connectivity index (χ3n) is 3.91. The summed E-state index contributed by atoms with van der Waals surface area (Å²) in [5.74, 6) is 0. The van der Waals surface area contributed by atoms with Gasteiger partial charge in [-0.2, -0.15) is 5.26 Å². The largest absolute Gasteiger partial charge is 0.379 e. The number of ether oxygens (including phenoxy) is 1. The number of nitriles is 1. The van der Waals surface area contributed by atoms with Gasteiger partial charge in [0.25, 0.3) is 0 Å². The first-order valence-electron chi connectivity index (χ1n) is 7.13. The number of nitrogens with zero attached hydrogens (tertiary/aromatic N) is 3. The topological polar surface area (TPSA) is 57.0 Å². The summed E-state index contributed by atoms with van der Waals surface area (Å²) in [7, 11) is 0. The molecule has 1 aromatic heterocycles. The van der Waals surface area contributed by atoms with Gasteiger partial charge in [-0.05, 0) is 37.3 Å². The Balaban J connectivity index is 1.93. The van der Waals surface area contributed by atoms with E-state index < -0.39 is 0 Å². The Bertz CT molecular complexity index is 736. The van der Waals surface area contributed by atoms with Crippen LogP contribution in [0.25, 0.3) is 11.0 Å². The number of nitrogens with one attached hydrogen (secondary N) is 1. The van der Waals surface area contributed by atoms with E-state index in [1.807, 2.05) is 18.2 Å². The fourth-order valence-corrected chi connectivity index (χ4v) is 3.26. The lowest BCUT2D eigenvalue weighted by Gasteiger charge is -2.29. The van der Waals surface area contributed by atoms with E-state index in [0.29, 0.717) is 10.3 Å². The third-order valence-corrected chi connectivity index (χ3v) is 4.21. The molecule has 5 nitrogen and oxygen atoms in total. The molecule has 1 aliphatic rings. The third kappa shape index (κ3) is 2.86. The fraction of sp³-hybridized carbons (Fsp3) is 0.467. The van der Waals surface area contributed by atoms with E-state index in [9.17, 15) is 0 Å². The Morgan fingerprint density at radius 2 is 2.19 bits per heavy atom. The summed E-state index contributed by atoms with van der Waals surface area (Å²) >= 11 is 5.46. The van der Waals surface area contributed by atoms with Crippen LogP contribution in [0.3, 0.4) is 0 Å². The summed E-state index contributed by atoms with van der Waals surface area (Å²) in [4.78, 5) is 5.61. The van der Waals surface area contributed by atoms with Crippen LogP contribution in [0.2, 0.25) is 0 Å². The number of hydrogen-bond donors (Lipinski definition) is 1. The van der Waals surface area contributed by atoms with Gasteiger partial charge in [0, 0.05) is 25.7 Å². The summed E-state index contributed by atoms with van der Waals surface area (Å²) in [6.45, 7) is 6.61. The summed E-state index contributed by atoms with van der Waals surface area (Å²) in [5.41, 5.74) is 2.64. The van der Waals surface area contributed by atoms with Crippen molar-refractivity contribution in [2.24, 2.45) is 0 Å². The van der Waals surface area contributed by atoms with E-state index in [-0.39, 0.29) is 6.04 Å². The number of rotatable bonds is 3. The molecule has 2 heterocycles. The van der Waals surface area contributed by atoms with Crippen LogP contribution in [0.4, 0.5) is 0 Å². The van der Waals surface area contributed by atoms with Gasteiger partial charge in [-0.25, -0.2) is 0 Å². The Kier molecular flexibility index (Phi) is 4.06. The predicted octanol–water partition coefficient (Wildman–Crippen LogP) is 2.46. The molecule has 0 aliphatic carbocycles. The highest BCUT2D eigenvalue weighted by Gasteiger charge is 2.17. The van der Waals surface area contributed by atoms with E-state index in [2.05, 4.69) is 27.4 Å². The highest BCUT2D eigenvalue weighted by Crippen LogP contribution is 2.21. The van der Waals surface area contributed by atoms with Gasteiger partial charge in [-0.3, -0.25) is 4.90 Å². The molecule has 0 amide bonds. The molecule has 1 aromatic carbocycles. The standard InChI is InChI=1S/C15H18N4OS/c1-11(10-18-4-6-20-7-5-18)19-14-8-12(9-16)2-3-13(14)17-15(19)21/h2-3,8,11H,4-7,10H2,1H3,(H,17,21). The molecule has 0 spiro atoms. The van der Waals surface area contributed by atoms with Gasteiger partial charge in [-0.1, -0.05) is 0 Å². The van der Waals surface area contributed by atoms with E-state index in [0.717, 1.165) is 43.9 Å². The Hall–Kier alpha value is -1.68. The first-order valence-corrected chi connectivity index (χ1v) is 7.54. The van der Waals surface area contributed by atoms with Crippen molar-refractivity contribution in [1.29, 1.82) is 5.26 Å². The average molecular weight is 302 g/mol. The Labute approximate surface area is 128 Å². The number of hydrogen-bond acceptors (Lipinski definition) is 4. The molecule has 1 atom stereocenters. The Morgan fingerprint density at radius 1 is 1.43 bits per heavy atom. The molecule has 1 saturated heterocycles. The van der Waals surface area contributed by atoms with Crippen molar-refractivity contribution in [2.75, 3.05) is 32.8 Å². The number of fused-ring (bicyclic) bond motifs is 1. The zero-order chi connectivity index (χ0) is 14.8. The Morgan fingerprint density at radius 3 is 2.90 bits per heavy atom. The number of imidazole rings is 1. The minimum atomic E-state index is 0.248. The van der Waals surface area contributed by atoms with Gasteiger partial charge < -0.3 is 14.3 Å². The summed E-state index contributed by atoms with van der Waals surface area (Å²) in [5, 5.41) is 9.08. The van der Waals surface area contributed by atoms with Crippen LogP contribution in [-0.2, 0) is 4.74 Å². The minimum absolute atomic E-state index is 0.248. The van der Waals surface area contributed by atoms with Gasteiger partial charge in [0.1, 0.15) is 0 Å². The SMILES string of the molecule is CC(CN1CCOCC1)n1c(=S)[nH]c2ccc(C#N)cc21. The smallest absolute Gasteiger partial charge is 0.178 e. The summed E-state index contributed by atoms with van der Waals surface area (Å²) in [6.07, 6.45) is 0. The van der Waals surface area contributed by atoms with Crippen molar-refractivity contribution in [2.45, 2.75) is 13.0 Å². The molecule has 1 fully saturated rings. The number of benzene rings is 1. The molecule has 1 aliphatic heterocycles. The lowest BCUT2D eigenvalue weighted by molar-refractivity contribution is 0.0327. The van der Waals surface area contributed by atoms with Crippen LogP contribution in [0.15, 0.2) is 18.2 Å². The zero-order valence-electron chi connectivity index (χ0n) is 12.0. The van der Waals surface area contributed by atoms with Gasteiger partial charge >= 0.3 is 0 Å². The molecule has 3 rings (SSSR count). The molecule has 6 heteroatoms. The number of morpholine rings is 1. The van der Waals surface area contributed by atoms with E-state index >= 15 is 0 Å². The maximum absolute atomic E-state index is 9.08. The molecule has 1 unspecified atom stereocenters. The van der Waals surface area contributed by atoms with Crippen LogP contribution in [0.1, 0.15) is 18.5 Å². The first kappa shape index (κ1) is 14.3. The monoisotopic (exact) mass is 302 g/mol. The molecule has 21 heavy (non-hydrogen) atoms. The lowest BCUT2D eigenvalue weighted by Crippen LogP contribution is -2.39.